The van der Waals surface area contributed by atoms with Gasteiger partial charge in [-0.2, -0.15) is 0 Å². The molecule has 0 saturated carbocycles. The average molecular weight is 260 g/mol. The number of nitrogens with zero attached hydrogens (tertiary/aromatic N) is 3. The van der Waals surface area contributed by atoms with E-state index in [0.29, 0.717) is 23.0 Å². The Labute approximate surface area is 102 Å². The lowest BCUT2D eigenvalue weighted by atomic mass is 10.3. The molecule has 1 aromatic carbocycles. The van der Waals surface area contributed by atoms with Crippen LogP contribution < -0.4 is 0 Å². The van der Waals surface area contributed by atoms with Crippen LogP contribution in [0.4, 0.5) is 4.39 Å². The highest BCUT2D eigenvalue weighted by atomic mass is 35.5. The van der Waals surface area contributed by atoms with Crippen molar-refractivity contribution in [3.8, 4) is 5.69 Å². The predicted molar refractivity (Wildman–Crippen MR) is 60.7 cm³/mol. The molecule has 0 unspecified atom stereocenters. The van der Waals surface area contributed by atoms with Crippen LogP contribution in [-0.2, 0) is 6.42 Å². The van der Waals surface area contributed by atoms with Gasteiger partial charge in [-0.05, 0) is 29.8 Å². The van der Waals surface area contributed by atoms with Crippen molar-refractivity contribution in [2.45, 2.75) is 13.3 Å². The Balaban J connectivity index is 2.62. The smallest absolute Gasteiger partial charge is 0.229 e. The first-order valence-electron chi connectivity index (χ1n) is 4.68. The number of hydrogen-bond donors (Lipinski definition) is 0. The fourth-order valence-electron chi connectivity index (χ4n) is 1.42. The Morgan fingerprint density at radius 3 is 2.69 bits per heavy atom. The van der Waals surface area contributed by atoms with E-state index in [0.717, 1.165) is 0 Å². The lowest BCUT2D eigenvalue weighted by Gasteiger charge is -2.07. The van der Waals surface area contributed by atoms with E-state index in [1.54, 1.807) is 12.1 Å². The highest BCUT2D eigenvalue weighted by Crippen LogP contribution is 2.22. The van der Waals surface area contributed by atoms with Gasteiger partial charge in [0, 0.05) is 11.4 Å². The van der Waals surface area contributed by atoms with Crippen molar-refractivity contribution in [1.82, 2.24) is 14.8 Å². The third-order valence-corrected chi connectivity index (χ3v) is 2.64. The van der Waals surface area contributed by atoms with E-state index >= 15 is 0 Å². The maximum absolute atomic E-state index is 13.7. The molecule has 2 aromatic rings. The number of aryl methyl sites for hydroxylation is 1. The fraction of sp³-hybridized carbons (Fsp3) is 0.200. The number of aromatic nitrogens is 3. The highest BCUT2D eigenvalue weighted by Gasteiger charge is 2.14. The summed E-state index contributed by atoms with van der Waals surface area (Å²) < 4.78 is 15.2. The predicted octanol–water partition coefficient (Wildman–Crippen LogP) is 3.28. The van der Waals surface area contributed by atoms with Crippen molar-refractivity contribution in [3.05, 3.63) is 40.1 Å². The van der Waals surface area contributed by atoms with Crippen molar-refractivity contribution in [2.24, 2.45) is 0 Å². The fourth-order valence-corrected chi connectivity index (χ4v) is 1.81. The zero-order valence-corrected chi connectivity index (χ0v) is 9.93. The first kappa shape index (κ1) is 11.4. The molecular weight excluding hydrogens is 252 g/mol. The molecule has 3 nitrogen and oxygen atoms in total. The van der Waals surface area contributed by atoms with Gasteiger partial charge in [-0.25, -0.2) is 4.39 Å². The van der Waals surface area contributed by atoms with E-state index in [2.05, 4.69) is 10.2 Å². The summed E-state index contributed by atoms with van der Waals surface area (Å²) in [6, 6.07) is 4.37. The second-order valence-corrected chi connectivity index (χ2v) is 3.94. The highest BCUT2D eigenvalue weighted by molar-refractivity contribution is 6.30. The van der Waals surface area contributed by atoms with E-state index in [9.17, 15) is 4.39 Å². The first-order valence-corrected chi connectivity index (χ1v) is 5.44. The van der Waals surface area contributed by atoms with Crippen LogP contribution in [0.2, 0.25) is 10.3 Å². The first-order chi connectivity index (χ1) is 7.63. The van der Waals surface area contributed by atoms with Crippen molar-refractivity contribution in [2.75, 3.05) is 0 Å². The van der Waals surface area contributed by atoms with Gasteiger partial charge in [0.1, 0.15) is 11.6 Å². The van der Waals surface area contributed by atoms with Crippen molar-refractivity contribution in [3.63, 3.8) is 0 Å². The Morgan fingerprint density at radius 1 is 1.31 bits per heavy atom. The van der Waals surface area contributed by atoms with Gasteiger partial charge < -0.3 is 0 Å². The molecule has 0 aliphatic heterocycles. The number of halogens is 3. The Kier molecular flexibility index (Phi) is 3.12. The van der Waals surface area contributed by atoms with Gasteiger partial charge >= 0.3 is 0 Å². The van der Waals surface area contributed by atoms with Crippen LogP contribution in [0.3, 0.4) is 0 Å². The molecule has 0 atom stereocenters. The molecule has 84 valence electrons. The zero-order valence-electron chi connectivity index (χ0n) is 8.41. The van der Waals surface area contributed by atoms with Crippen LogP contribution in [0.5, 0.6) is 0 Å². The average Bonchev–Trinajstić information content (AvgIpc) is 2.60. The van der Waals surface area contributed by atoms with Crippen LogP contribution >= 0.6 is 23.2 Å². The summed E-state index contributed by atoms with van der Waals surface area (Å²) in [5.74, 6) is 0.148. The molecular formula is C10H8Cl2FN3. The zero-order chi connectivity index (χ0) is 11.7. The molecule has 0 spiro atoms. The maximum Gasteiger partial charge on any atom is 0.229 e. The second kappa shape index (κ2) is 4.39. The molecule has 2 rings (SSSR count). The van der Waals surface area contributed by atoms with Gasteiger partial charge in [-0.1, -0.05) is 18.5 Å². The molecule has 0 fully saturated rings. The van der Waals surface area contributed by atoms with E-state index in [4.69, 9.17) is 23.2 Å². The van der Waals surface area contributed by atoms with Gasteiger partial charge in [0.15, 0.2) is 0 Å². The van der Waals surface area contributed by atoms with E-state index < -0.39 is 5.82 Å². The minimum Gasteiger partial charge on any atom is -0.267 e. The SMILES string of the molecule is CCc1nnc(Cl)n1-c1ccc(Cl)cc1F. The van der Waals surface area contributed by atoms with E-state index in [-0.39, 0.29) is 5.28 Å². The maximum atomic E-state index is 13.7. The van der Waals surface area contributed by atoms with Crippen LogP contribution in [0, 0.1) is 5.82 Å². The van der Waals surface area contributed by atoms with Gasteiger partial charge in [-0.15, -0.1) is 10.2 Å². The van der Waals surface area contributed by atoms with Gasteiger partial charge in [-0.3, -0.25) is 4.57 Å². The van der Waals surface area contributed by atoms with Crippen molar-refractivity contribution in [1.29, 1.82) is 0 Å². The van der Waals surface area contributed by atoms with Crippen molar-refractivity contribution < 1.29 is 4.39 Å². The topological polar surface area (TPSA) is 30.7 Å². The lowest BCUT2D eigenvalue weighted by molar-refractivity contribution is 0.615. The molecule has 1 aromatic heterocycles. The standard InChI is InChI=1S/C10H8Cl2FN3/c1-2-9-14-15-10(12)16(9)8-4-3-6(11)5-7(8)13/h3-5H,2H2,1H3. The van der Waals surface area contributed by atoms with Gasteiger partial charge in [0.25, 0.3) is 0 Å². The largest absolute Gasteiger partial charge is 0.267 e. The van der Waals surface area contributed by atoms with Crippen LogP contribution in [0.15, 0.2) is 18.2 Å². The Morgan fingerprint density at radius 2 is 2.06 bits per heavy atom. The molecule has 0 aliphatic carbocycles. The minimum atomic E-state index is -0.455. The minimum absolute atomic E-state index is 0.137. The summed E-state index contributed by atoms with van der Waals surface area (Å²) in [7, 11) is 0. The summed E-state index contributed by atoms with van der Waals surface area (Å²) in [6.45, 7) is 1.89. The summed E-state index contributed by atoms with van der Waals surface area (Å²) in [5.41, 5.74) is 0.302. The van der Waals surface area contributed by atoms with Crippen LogP contribution in [-0.4, -0.2) is 14.8 Å². The summed E-state index contributed by atoms with van der Waals surface area (Å²) >= 11 is 11.5. The monoisotopic (exact) mass is 259 g/mol. The molecule has 0 aliphatic rings. The molecule has 16 heavy (non-hydrogen) atoms. The molecule has 0 radical (unpaired) electrons. The Bertz CT molecular complexity index is 525. The third-order valence-electron chi connectivity index (χ3n) is 2.16. The van der Waals surface area contributed by atoms with Crippen LogP contribution in [0.25, 0.3) is 5.69 Å². The molecule has 0 amide bonds. The molecule has 1 heterocycles. The molecule has 0 bridgehead atoms. The third kappa shape index (κ3) is 1.90. The van der Waals surface area contributed by atoms with Crippen LogP contribution in [0.1, 0.15) is 12.7 Å². The molecule has 0 N–H and O–H groups in total. The number of hydrogen-bond acceptors (Lipinski definition) is 2. The van der Waals surface area contributed by atoms with Gasteiger partial charge in [0.2, 0.25) is 5.28 Å². The molecule has 0 saturated heterocycles. The summed E-state index contributed by atoms with van der Waals surface area (Å²) in [5, 5.41) is 8.04. The lowest BCUT2D eigenvalue weighted by Crippen LogP contribution is -2.02. The normalized spacial score (nSPS) is 10.8. The Hall–Kier alpha value is -1.13. The summed E-state index contributed by atoms with van der Waals surface area (Å²) in [4.78, 5) is 0. The number of rotatable bonds is 2. The number of benzene rings is 1. The van der Waals surface area contributed by atoms with Crippen molar-refractivity contribution >= 4 is 23.2 Å². The van der Waals surface area contributed by atoms with E-state index in [1.165, 1.54) is 10.6 Å². The van der Waals surface area contributed by atoms with E-state index in [1.807, 2.05) is 6.92 Å². The summed E-state index contributed by atoms with van der Waals surface area (Å²) in [6.07, 6.45) is 0.613. The second-order valence-electron chi connectivity index (χ2n) is 3.17. The molecule has 6 heteroatoms. The van der Waals surface area contributed by atoms with Gasteiger partial charge in [0.05, 0.1) is 5.69 Å². The quantitative estimate of drug-likeness (QED) is 0.829.